The fraction of sp³-hybridized carbons (Fsp3) is 0.500. The zero-order valence-corrected chi connectivity index (χ0v) is 18.0. The highest BCUT2D eigenvalue weighted by Gasteiger charge is 2.33. The van der Waals surface area contributed by atoms with Crippen molar-refractivity contribution in [3.63, 3.8) is 0 Å². The molecule has 0 bridgehead atoms. The lowest BCUT2D eigenvalue weighted by molar-refractivity contribution is 0.292. The molecule has 1 saturated carbocycles. The summed E-state index contributed by atoms with van der Waals surface area (Å²) >= 11 is 5.60. The minimum absolute atomic E-state index is 0.182. The molecule has 2 heterocycles. The van der Waals surface area contributed by atoms with Crippen molar-refractivity contribution in [2.75, 3.05) is 29.9 Å². The van der Waals surface area contributed by atoms with Crippen LogP contribution in [0.15, 0.2) is 48.7 Å². The Labute approximate surface area is 180 Å². The van der Waals surface area contributed by atoms with Crippen LogP contribution in [0.4, 0.5) is 11.5 Å². The Kier molecular flexibility index (Phi) is 6.65. The molecule has 154 valence electrons. The summed E-state index contributed by atoms with van der Waals surface area (Å²) in [6.45, 7) is 3.10. The Balaban J connectivity index is 1.35. The maximum absolute atomic E-state index is 5.60. The molecule has 1 aliphatic carbocycles. The van der Waals surface area contributed by atoms with Crippen LogP contribution in [0.2, 0.25) is 0 Å². The zero-order chi connectivity index (χ0) is 19.9. The number of nitrogens with zero attached hydrogens (tertiary/aromatic N) is 2. The van der Waals surface area contributed by atoms with Crippen molar-refractivity contribution in [1.82, 2.24) is 10.3 Å². The zero-order valence-electron chi connectivity index (χ0n) is 17.2. The third kappa shape index (κ3) is 5.08. The van der Waals surface area contributed by atoms with Gasteiger partial charge >= 0.3 is 0 Å². The molecular weight excluding hydrogens is 376 g/mol. The number of thiocarbonyl (C=S) groups is 1. The van der Waals surface area contributed by atoms with Crippen LogP contribution in [0, 0.1) is 0 Å². The standard InChI is InChI=1S/C24H32N4S/c29-23(27-21-12-13-22(25-18-21)28-16-8-3-9-17-28)26-19-24(14-6-2-7-15-24)20-10-4-1-5-11-20/h1,4-5,10-13,18H,2-3,6-9,14-17,19H2,(H2,26,27,29). The van der Waals surface area contributed by atoms with Gasteiger partial charge in [-0.25, -0.2) is 4.98 Å². The Hall–Kier alpha value is -2.14. The number of rotatable bonds is 5. The maximum atomic E-state index is 5.60. The topological polar surface area (TPSA) is 40.2 Å². The summed E-state index contributed by atoms with van der Waals surface area (Å²) in [5.41, 5.74) is 2.56. The summed E-state index contributed by atoms with van der Waals surface area (Å²) in [5.74, 6) is 1.07. The van der Waals surface area contributed by atoms with E-state index in [0.717, 1.165) is 31.1 Å². The maximum Gasteiger partial charge on any atom is 0.170 e. The van der Waals surface area contributed by atoms with Crippen molar-refractivity contribution in [1.29, 1.82) is 0 Å². The predicted octanol–water partition coefficient (Wildman–Crippen LogP) is 5.26. The van der Waals surface area contributed by atoms with E-state index in [-0.39, 0.29) is 5.41 Å². The molecule has 4 nitrogen and oxygen atoms in total. The van der Waals surface area contributed by atoms with Gasteiger partial charge in [0, 0.05) is 25.0 Å². The molecular formula is C24H32N4S. The smallest absolute Gasteiger partial charge is 0.170 e. The average molecular weight is 409 g/mol. The van der Waals surface area contributed by atoms with Crippen LogP contribution in [0.3, 0.4) is 0 Å². The van der Waals surface area contributed by atoms with Gasteiger partial charge in [-0.2, -0.15) is 0 Å². The van der Waals surface area contributed by atoms with Crippen molar-refractivity contribution < 1.29 is 0 Å². The first-order valence-electron chi connectivity index (χ1n) is 11.1. The molecule has 5 heteroatoms. The number of nitrogens with one attached hydrogen (secondary N) is 2. The van der Waals surface area contributed by atoms with E-state index in [9.17, 15) is 0 Å². The van der Waals surface area contributed by atoms with Crippen LogP contribution in [-0.4, -0.2) is 29.7 Å². The first-order chi connectivity index (χ1) is 14.3. The average Bonchev–Trinajstić information content (AvgIpc) is 2.80. The number of hydrogen-bond donors (Lipinski definition) is 2. The molecule has 2 aromatic rings. The molecule has 2 N–H and O–H groups in total. The third-order valence-corrected chi connectivity index (χ3v) is 6.72. The Morgan fingerprint density at radius 1 is 0.931 bits per heavy atom. The summed E-state index contributed by atoms with van der Waals surface area (Å²) in [7, 11) is 0. The van der Waals surface area contributed by atoms with Crippen molar-refractivity contribution in [3.8, 4) is 0 Å². The van der Waals surface area contributed by atoms with Gasteiger partial charge in [0.2, 0.25) is 0 Å². The molecule has 1 aromatic carbocycles. The summed E-state index contributed by atoms with van der Waals surface area (Å²) in [6, 6.07) is 15.1. The van der Waals surface area contributed by atoms with E-state index in [4.69, 9.17) is 12.2 Å². The van der Waals surface area contributed by atoms with E-state index in [2.05, 4.69) is 63.0 Å². The number of piperidine rings is 1. The van der Waals surface area contributed by atoms with E-state index in [1.54, 1.807) is 0 Å². The quantitative estimate of drug-likeness (QED) is 0.660. The second-order valence-corrected chi connectivity index (χ2v) is 8.88. The first kappa shape index (κ1) is 20.1. The summed E-state index contributed by atoms with van der Waals surface area (Å²) in [6.07, 6.45) is 12.1. The fourth-order valence-corrected chi connectivity index (χ4v) is 4.97. The molecule has 29 heavy (non-hydrogen) atoms. The summed E-state index contributed by atoms with van der Waals surface area (Å²) in [4.78, 5) is 7.01. The normalized spacial score (nSPS) is 18.8. The van der Waals surface area contributed by atoms with Gasteiger partial charge in [0.15, 0.2) is 5.11 Å². The molecule has 1 saturated heterocycles. The van der Waals surface area contributed by atoms with E-state index >= 15 is 0 Å². The largest absolute Gasteiger partial charge is 0.362 e. The monoisotopic (exact) mass is 408 g/mol. The predicted molar refractivity (Wildman–Crippen MR) is 126 cm³/mol. The van der Waals surface area contributed by atoms with Gasteiger partial charge in [0.25, 0.3) is 0 Å². The van der Waals surface area contributed by atoms with Gasteiger partial charge in [-0.05, 0) is 62.0 Å². The molecule has 0 unspecified atom stereocenters. The number of aromatic nitrogens is 1. The third-order valence-electron chi connectivity index (χ3n) is 6.47. The number of pyridine rings is 1. The van der Waals surface area contributed by atoms with Crippen LogP contribution < -0.4 is 15.5 Å². The molecule has 0 amide bonds. The number of hydrogen-bond acceptors (Lipinski definition) is 3. The Bertz CT molecular complexity index is 778. The van der Waals surface area contributed by atoms with Crippen molar-refractivity contribution in [3.05, 3.63) is 54.2 Å². The van der Waals surface area contributed by atoms with Crippen LogP contribution in [-0.2, 0) is 5.41 Å². The lowest BCUT2D eigenvalue weighted by Crippen LogP contribution is -2.43. The second-order valence-electron chi connectivity index (χ2n) is 8.47. The van der Waals surface area contributed by atoms with Gasteiger partial charge in [-0.3, -0.25) is 0 Å². The van der Waals surface area contributed by atoms with E-state index < -0.39 is 0 Å². The lowest BCUT2D eigenvalue weighted by Gasteiger charge is -2.38. The van der Waals surface area contributed by atoms with Crippen LogP contribution >= 0.6 is 12.2 Å². The van der Waals surface area contributed by atoms with Gasteiger partial charge in [0.1, 0.15) is 5.82 Å². The highest BCUT2D eigenvalue weighted by molar-refractivity contribution is 7.80. The SMILES string of the molecule is S=C(NCC1(c2ccccc2)CCCCC1)Nc1ccc(N2CCCCC2)nc1. The van der Waals surface area contributed by atoms with Gasteiger partial charge in [0.05, 0.1) is 11.9 Å². The molecule has 2 aliphatic rings. The number of benzene rings is 1. The van der Waals surface area contributed by atoms with Crippen molar-refractivity contribution >= 4 is 28.8 Å². The van der Waals surface area contributed by atoms with Crippen LogP contribution in [0.25, 0.3) is 0 Å². The minimum atomic E-state index is 0.182. The van der Waals surface area contributed by atoms with Crippen LogP contribution in [0.5, 0.6) is 0 Å². The summed E-state index contributed by atoms with van der Waals surface area (Å²) in [5, 5.41) is 7.50. The van der Waals surface area contributed by atoms with Crippen LogP contribution in [0.1, 0.15) is 56.9 Å². The highest BCUT2D eigenvalue weighted by atomic mass is 32.1. The molecule has 0 spiro atoms. The first-order valence-corrected chi connectivity index (χ1v) is 11.5. The molecule has 0 radical (unpaired) electrons. The van der Waals surface area contributed by atoms with Crippen molar-refractivity contribution in [2.24, 2.45) is 0 Å². The highest BCUT2D eigenvalue weighted by Crippen LogP contribution is 2.38. The van der Waals surface area contributed by atoms with Gasteiger partial charge < -0.3 is 15.5 Å². The Morgan fingerprint density at radius 3 is 2.34 bits per heavy atom. The van der Waals surface area contributed by atoms with Crippen molar-refractivity contribution in [2.45, 2.75) is 56.8 Å². The molecule has 2 fully saturated rings. The Morgan fingerprint density at radius 2 is 1.66 bits per heavy atom. The van der Waals surface area contributed by atoms with Gasteiger partial charge in [-0.1, -0.05) is 49.6 Å². The number of anilines is 2. The minimum Gasteiger partial charge on any atom is -0.362 e. The molecule has 0 atom stereocenters. The fourth-order valence-electron chi connectivity index (χ4n) is 4.78. The molecule has 4 rings (SSSR count). The van der Waals surface area contributed by atoms with Gasteiger partial charge in [-0.15, -0.1) is 0 Å². The van der Waals surface area contributed by atoms with E-state index in [1.165, 1.54) is 56.9 Å². The lowest BCUT2D eigenvalue weighted by atomic mass is 9.69. The second kappa shape index (κ2) is 9.57. The summed E-state index contributed by atoms with van der Waals surface area (Å²) < 4.78 is 0. The molecule has 1 aliphatic heterocycles. The van der Waals surface area contributed by atoms with E-state index in [1.807, 2.05) is 6.20 Å². The molecule has 1 aromatic heterocycles. The van der Waals surface area contributed by atoms with E-state index in [0.29, 0.717) is 5.11 Å².